The number of aryl methyl sites for hydroxylation is 2. The van der Waals surface area contributed by atoms with Gasteiger partial charge < -0.3 is 49.4 Å². The highest BCUT2D eigenvalue weighted by Crippen LogP contribution is 2.41. The number of hydrogen-bond acceptors (Lipinski definition) is 19. The Kier molecular flexibility index (Phi) is 21.9. The van der Waals surface area contributed by atoms with Crippen LogP contribution in [0.3, 0.4) is 0 Å². The Balaban J connectivity index is 0.000000142. The highest BCUT2D eigenvalue weighted by molar-refractivity contribution is 9.10. The van der Waals surface area contributed by atoms with E-state index in [0.717, 1.165) is 168 Å². The van der Waals surface area contributed by atoms with Crippen molar-refractivity contribution in [2.24, 2.45) is 24.6 Å². The summed E-state index contributed by atoms with van der Waals surface area (Å²) >= 11 is 3.62. The number of aromatic nitrogens is 12. The number of anilines is 6. The molecule has 99 heavy (non-hydrogen) atoms. The van der Waals surface area contributed by atoms with Crippen LogP contribution in [-0.2, 0) is 24.9 Å². The van der Waals surface area contributed by atoms with Crippen molar-refractivity contribution in [1.82, 2.24) is 64.6 Å². The number of rotatable bonds is 26. The molecule has 2 fully saturated rings. The molecule has 0 atom stereocenters. The molecule has 0 radical (unpaired) electrons. The second-order valence-electron chi connectivity index (χ2n) is 24.5. The van der Waals surface area contributed by atoms with Crippen molar-refractivity contribution in [3.63, 3.8) is 0 Å². The molecule has 0 bridgehead atoms. The van der Waals surface area contributed by atoms with Gasteiger partial charge in [-0.1, -0.05) is 22.9 Å². The molecule has 2 aliphatic rings. The first-order chi connectivity index (χ1) is 48.3. The summed E-state index contributed by atoms with van der Waals surface area (Å²) < 4.78 is 33.6. The van der Waals surface area contributed by atoms with Crippen LogP contribution in [0.4, 0.5) is 34.1 Å². The monoisotopic (exact) mass is 1400 g/mol. The van der Waals surface area contributed by atoms with E-state index >= 15 is 0 Å². The minimum atomic E-state index is -0.151. The third kappa shape index (κ3) is 17.1. The molecular formula is C75H82BrN17O6. The van der Waals surface area contributed by atoms with Crippen LogP contribution < -0.4 is 44.7 Å². The molecule has 12 aromatic rings. The van der Waals surface area contributed by atoms with E-state index in [1.807, 2.05) is 102 Å². The van der Waals surface area contributed by atoms with Crippen LogP contribution in [0.1, 0.15) is 55.8 Å². The van der Waals surface area contributed by atoms with E-state index in [9.17, 15) is 4.79 Å². The van der Waals surface area contributed by atoms with Gasteiger partial charge in [-0.15, -0.1) is 0 Å². The lowest BCUT2D eigenvalue weighted by molar-refractivity contribution is 0.0962. The summed E-state index contributed by atoms with van der Waals surface area (Å²) in [6.45, 7) is 7.52. The van der Waals surface area contributed by atoms with Gasteiger partial charge in [0.2, 0.25) is 0 Å². The molecule has 510 valence electrons. The maximum atomic E-state index is 12.4. The zero-order valence-electron chi connectivity index (χ0n) is 57.0. The van der Waals surface area contributed by atoms with Crippen molar-refractivity contribution in [1.29, 1.82) is 0 Å². The summed E-state index contributed by atoms with van der Waals surface area (Å²) in [5, 5.41) is 15.8. The molecule has 6 heterocycles. The number of benzene rings is 6. The van der Waals surface area contributed by atoms with Crippen molar-refractivity contribution in [2.45, 2.75) is 58.5 Å². The zero-order chi connectivity index (χ0) is 68.9. The molecule has 0 spiro atoms. The lowest BCUT2D eigenvalue weighted by Crippen LogP contribution is -2.22. The molecule has 1 amide bonds. The Morgan fingerprint density at radius 2 is 0.970 bits per heavy atom. The first-order valence-corrected chi connectivity index (χ1v) is 34.0. The van der Waals surface area contributed by atoms with Gasteiger partial charge in [0.25, 0.3) is 5.91 Å². The molecule has 0 aliphatic heterocycles. The first-order valence-electron chi connectivity index (χ1n) is 33.2. The molecule has 14 rings (SSSR count). The minimum Gasteiger partial charge on any atom is -0.497 e. The summed E-state index contributed by atoms with van der Waals surface area (Å²) in [5.74, 6) is 4.16. The summed E-state index contributed by atoms with van der Waals surface area (Å²) in [4.78, 5) is 47.8. The lowest BCUT2D eigenvalue weighted by atomic mass is 10.1. The van der Waals surface area contributed by atoms with Crippen LogP contribution in [0, 0.1) is 11.8 Å². The quantitative estimate of drug-likeness (QED) is 0.0512. The maximum Gasteiger partial charge on any atom is 0.251 e. The van der Waals surface area contributed by atoms with E-state index in [-0.39, 0.29) is 5.91 Å². The fraction of sp³-hybridized carbons (Fsp3) is 0.307. The average molecular weight is 1400 g/mol. The van der Waals surface area contributed by atoms with Gasteiger partial charge in [0.15, 0.2) is 0 Å². The van der Waals surface area contributed by atoms with Crippen LogP contribution in [-0.4, -0.2) is 141 Å². The van der Waals surface area contributed by atoms with E-state index < -0.39 is 0 Å². The fourth-order valence-corrected chi connectivity index (χ4v) is 12.0. The predicted octanol–water partition coefficient (Wildman–Crippen LogP) is 13.8. The Morgan fingerprint density at radius 3 is 1.41 bits per heavy atom. The van der Waals surface area contributed by atoms with Gasteiger partial charge in [0.1, 0.15) is 23.0 Å². The molecule has 6 aromatic heterocycles. The second kappa shape index (κ2) is 31.8. The Bertz CT molecular complexity index is 4740. The number of methoxy groups -OCH3 is 5. The number of amides is 1. The number of nitrogens with zero attached hydrogens (tertiary/aromatic N) is 15. The summed E-state index contributed by atoms with van der Waals surface area (Å²) in [7, 11) is 11.8. The summed E-state index contributed by atoms with van der Waals surface area (Å²) in [5.41, 5.74) is 22.5. The molecule has 23 nitrogen and oxygen atoms in total. The maximum absolute atomic E-state index is 12.4. The van der Waals surface area contributed by atoms with E-state index in [2.05, 4.69) is 122 Å². The van der Waals surface area contributed by atoms with E-state index in [0.29, 0.717) is 36.9 Å². The molecule has 0 unspecified atom stereocenters. The number of nitrogens with one attached hydrogen (secondary N) is 1. The molecule has 0 saturated heterocycles. The number of carbonyl (C=O) groups excluding carboxylic acids is 1. The molecule has 2 saturated carbocycles. The third-order valence-electron chi connectivity index (χ3n) is 17.2. The molecular weight excluding hydrogens is 1310 g/mol. The molecule has 2 aliphatic carbocycles. The van der Waals surface area contributed by atoms with Gasteiger partial charge in [-0.3, -0.25) is 33.8 Å². The van der Waals surface area contributed by atoms with E-state index in [4.69, 9.17) is 44.4 Å². The number of carbonyl (C=O) groups is 1. The Hall–Kier alpha value is -10.6. The van der Waals surface area contributed by atoms with Crippen molar-refractivity contribution in [2.75, 3.05) is 90.1 Å². The van der Waals surface area contributed by atoms with Crippen LogP contribution in [0.2, 0.25) is 0 Å². The highest BCUT2D eigenvalue weighted by atomic mass is 79.9. The molecule has 6 aromatic carbocycles. The smallest absolute Gasteiger partial charge is 0.251 e. The molecule has 3 N–H and O–H groups in total. The van der Waals surface area contributed by atoms with Crippen LogP contribution in [0.15, 0.2) is 169 Å². The van der Waals surface area contributed by atoms with Crippen LogP contribution >= 0.6 is 15.9 Å². The second-order valence-corrected chi connectivity index (χ2v) is 25.4. The fourth-order valence-electron chi connectivity index (χ4n) is 11.5. The highest BCUT2D eigenvalue weighted by Gasteiger charge is 2.28. The molecule has 24 heteroatoms. The Morgan fingerprint density at radius 1 is 0.525 bits per heavy atom. The van der Waals surface area contributed by atoms with Crippen molar-refractivity contribution < 1.29 is 28.5 Å². The Labute approximate surface area is 584 Å². The predicted molar refractivity (Wildman–Crippen MR) is 392 cm³/mol. The van der Waals surface area contributed by atoms with Gasteiger partial charge in [-0.25, -0.2) is 15.0 Å². The van der Waals surface area contributed by atoms with Gasteiger partial charge in [0.05, 0.1) is 129 Å². The van der Waals surface area contributed by atoms with Gasteiger partial charge in [-0.05, 0) is 136 Å². The average Bonchev–Trinajstić information content (AvgIpc) is 1.52. The van der Waals surface area contributed by atoms with Crippen LogP contribution in [0.5, 0.6) is 23.0 Å². The van der Waals surface area contributed by atoms with Crippen molar-refractivity contribution in [3.05, 3.63) is 175 Å². The van der Waals surface area contributed by atoms with Gasteiger partial charge in [-0.2, -0.15) is 15.3 Å². The standard InChI is InChI=1S/C27H30N6O3.C25H30N6O2.C23H22BrN5O/c1-28-27(34)19-10-22(12-23(11-19)36-3)33(16-18-4-5-18)21-6-7-24-25(13-21)31-26(15-29-24)20-14-30-32(17-20)8-9-35-2;1-4-9-31(20-11-21(32-2)14-22(12-20)33-3)19-6-7-23-24(13-19)29-25(16-27-23)18-15-28-30(17-18)10-5-8-26;1-28-14-16(11-26-28)23-12-25-21-6-5-18(10-22(21)27-23)29(13-15-3-4-15)19-7-17(24)8-20(9-19)30-2/h6-7,10-15,17-18H,4-5,8-9,16H2,1-3H3,(H,28,34);6-7,11-17H,4-5,8-10,26H2,1-3H3;5-12,14-15H,3-4,13H2,1-2H3. The summed E-state index contributed by atoms with van der Waals surface area (Å²) in [6.07, 6.45) is 23.5. The van der Waals surface area contributed by atoms with Gasteiger partial charge >= 0.3 is 0 Å². The number of ether oxygens (including phenoxy) is 5. The van der Waals surface area contributed by atoms with E-state index in [1.54, 1.807) is 78.1 Å². The summed E-state index contributed by atoms with van der Waals surface area (Å²) in [6, 6.07) is 36.3. The number of fused-ring (bicyclic) bond motifs is 3. The van der Waals surface area contributed by atoms with Crippen LogP contribution in [0.25, 0.3) is 66.9 Å². The minimum absolute atomic E-state index is 0.151. The third-order valence-corrected chi connectivity index (χ3v) is 17.6. The number of hydrogen-bond donors (Lipinski definition) is 2. The van der Waals surface area contributed by atoms with Crippen molar-refractivity contribution >= 4 is 89.1 Å². The number of halogens is 1. The topological polar surface area (TPSA) is 242 Å². The van der Waals surface area contributed by atoms with Crippen molar-refractivity contribution in [3.8, 4) is 56.8 Å². The number of nitrogens with two attached hydrogens (primary N) is 1. The zero-order valence-corrected chi connectivity index (χ0v) is 58.6. The normalized spacial score (nSPS) is 12.5. The first kappa shape index (κ1) is 68.4. The lowest BCUT2D eigenvalue weighted by Gasteiger charge is -2.26. The SMILES string of the molecule is CCCN(c1cc(OC)cc(OC)c1)c1ccc2ncc(-c3cnn(CCCN)c3)nc2c1.CNC(=O)c1cc(OC)cc(N(CC2CC2)c2ccc3ncc(-c4cnn(CCOC)c4)nc3c2)c1.COc1cc(Br)cc(N(CC2CC2)c2ccc3ncc(-c4cnn(C)c4)nc3c2)c1. The van der Waals surface area contributed by atoms with Gasteiger partial charge in [0, 0.05) is 157 Å². The largest absolute Gasteiger partial charge is 0.497 e. The van der Waals surface area contributed by atoms with E-state index in [1.165, 1.54) is 25.7 Å².